The van der Waals surface area contributed by atoms with Crippen LogP contribution < -0.4 is 4.74 Å². The fourth-order valence-electron chi connectivity index (χ4n) is 2.75. The van der Waals surface area contributed by atoms with Gasteiger partial charge in [-0.15, -0.1) is 0 Å². The van der Waals surface area contributed by atoms with E-state index in [0.717, 1.165) is 17.7 Å². The van der Waals surface area contributed by atoms with Gasteiger partial charge in [-0.05, 0) is 56.5 Å². The van der Waals surface area contributed by atoms with Gasteiger partial charge in [0, 0.05) is 6.42 Å². The summed E-state index contributed by atoms with van der Waals surface area (Å²) in [7, 11) is 0. The fraction of sp³-hybridized carbons (Fsp3) is 0.273. The number of cyclic esters (lactones) is 1. The zero-order valence-corrected chi connectivity index (χ0v) is 15.4. The average Bonchev–Trinajstić information content (AvgIpc) is 2.94. The van der Waals surface area contributed by atoms with Gasteiger partial charge in [-0.2, -0.15) is 0 Å². The molecule has 0 amide bonds. The number of benzene rings is 2. The summed E-state index contributed by atoms with van der Waals surface area (Å²) in [5.41, 5.74) is 3.65. The molecule has 0 saturated heterocycles. The summed E-state index contributed by atoms with van der Waals surface area (Å²) in [4.78, 5) is 16.4. The van der Waals surface area contributed by atoms with Gasteiger partial charge in [0.2, 0.25) is 0 Å². The topological polar surface area (TPSA) is 47.9 Å². The molecule has 0 unspecified atom stereocenters. The van der Waals surface area contributed by atoms with Gasteiger partial charge >= 0.3 is 5.97 Å². The molecule has 0 radical (unpaired) electrons. The zero-order valence-electron chi connectivity index (χ0n) is 15.4. The monoisotopic (exact) mass is 349 g/mol. The third-order valence-electron chi connectivity index (χ3n) is 3.93. The molecule has 0 atom stereocenters. The minimum Gasteiger partial charge on any atom is -0.491 e. The third-order valence-corrected chi connectivity index (χ3v) is 3.93. The smallest absolute Gasteiger partial charge is 0.363 e. The molecule has 0 fully saturated rings. The lowest BCUT2D eigenvalue weighted by molar-refractivity contribution is -0.130. The Hall–Kier alpha value is -2.88. The van der Waals surface area contributed by atoms with Crippen LogP contribution in [0.2, 0.25) is 0 Å². The molecule has 0 aliphatic carbocycles. The normalized spacial score (nSPS) is 15.3. The van der Waals surface area contributed by atoms with Crippen molar-refractivity contribution in [2.45, 2.75) is 39.7 Å². The van der Waals surface area contributed by atoms with Crippen molar-refractivity contribution in [3.63, 3.8) is 0 Å². The quantitative estimate of drug-likeness (QED) is 0.560. The Labute approximate surface area is 154 Å². The molecule has 0 saturated carbocycles. The maximum Gasteiger partial charge on any atom is 0.363 e. The van der Waals surface area contributed by atoms with Crippen LogP contribution in [0.5, 0.6) is 5.75 Å². The van der Waals surface area contributed by atoms with Crippen molar-refractivity contribution in [1.82, 2.24) is 0 Å². The molecule has 26 heavy (non-hydrogen) atoms. The summed E-state index contributed by atoms with van der Waals surface area (Å²) < 4.78 is 10.9. The largest absolute Gasteiger partial charge is 0.491 e. The Morgan fingerprint density at radius 1 is 1.12 bits per heavy atom. The number of hydrogen-bond donors (Lipinski definition) is 0. The van der Waals surface area contributed by atoms with E-state index in [4.69, 9.17) is 9.47 Å². The Bertz CT molecular complexity index is 848. The molecule has 4 heteroatoms. The van der Waals surface area contributed by atoms with Crippen molar-refractivity contribution in [2.75, 3.05) is 0 Å². The van der Waals surface area contributed by atoms with Gasteiger partial charge in [0.25, 0.3) is 0 Å². The predicted molar refractivity (Wildman–Crippen MR) is 103 cm³/mol. The molecule has 0 N–H and O–H groups in total. The Morgan fingerprint density at radius 3 is 2.58 bits per heavy atom. The highest BCUT2D eigenvalue weighted by Gasteiger charge is 2.22. The Balaban J connectivity index is 1.66. The molecule has 1 aliphatic heterocycles. The lowest BCUT2D eigenvalue weighted by Crippen LogP contribution is -2.05. The SMILES string of the molecule is Cc1cccc(CCC2=N/C(=C/c3ccc(OC(C)C)cc3)C(=O)O2)c1. The highest BCUT2D eigenvalue weighted by atomic mass is 16.6. The summed E-state index contributed by atoms with van der Waals surface area (Å²) in [6.45, 7) is 6.03. The summed E-state index contributed by atoms with van der Waals surface area (Å²) in [5.74, 6) is 0.882. The third kappa shape index (κ3) is 4.82. The number of esters is 1. The molecule has 4 nitrogen and oxygen atoms in total. The van der Waals surface area contributed by atoms with E-state index < -0.39 is 5.97 Å². The highest BCUT2D eigenvalue weighted by molar-refractivity contribution is 6.07. The van der Waals surface area contributed by atoms with E-state index in [0.29, 0.717) is 18.0 Å². The van der Waals surface area contributed by atoms with Gasteiger partial charge in [-0.3, -0.25) is 0 Å². The van der Waals surface area contributed by atoms with Crippen molar-refractivity contribution < 1.29 is 14.3 Å². The minimum atomic E-state index is -0.397. The molecule has 1 heterocycles. The van der Waals surface area contributed by atoms with Crippen LogP contribution in [0.4, 0.5) is 0 Å². The van der Waals surface area contributed by atoms with E-state index in [9.17, 15) is 4.79 Å². The standard InChI is InChI=1S/C22H23NO3/c1-15(2)25-19-10-7-18(8-11-19)14-20-22(24)26-21(23-20)12-9-17-6-4-5-16(3)13-17/h4-8,10-11,13-15H,9,12H2,1-3H3/b20-14+. The fourth-order valence-corrected chi connectivity index (χ4v) is 2.75. The van der Waals surface area contributed by atoms with E-state index in [1.54, 1.807) is 6.08 Å². The average molecular weight is 349 g/mol. The second-order valence-corrected chi connectivity index (χ2v) is 6.65. The molecule has 3 rings (SSSR count). The number of nitrogens with zero attached hydrogens (tertiary/aromatic N) is 1. The highest BCUT2D eigenvalue weighted by Crippen LogP contribution is 2.20. The van der Waals surface area contributed by atoms with Crippen molar-refractivity contribution in [2.24, 2.45) is 4.99 Å². The van der Waals surface area contributed by atoms with Crippen LogP contribution in [0.15, 0.2) is 59.2 Å². The number of aliphatic imine (C=N–C) groups is 1. The van der Waals surface area contributed by atoms with Gasteiger partial charge in [-0.1, -0.05) is 42.0 Å². The number of ether oxygens (including phenoxy) is 2. The Morgan fingerprint density at radius 2 is 1.88 bits per heavy atom. The van der Waals surface area contributed by atoms with E-state index >= 15 is 0 Å². The molecule has 0 spiro atoms. The lowest BCUT2D eigenvalue weighted by atomic mass is 10.1. The summed E-state index contributed by atoms with van der Waals surface area (Å²) in [6, 6.07) is 15.9. The van der Waals surface area contributed by atoms with E-state index in [2.05, 4.69) is 30.1 Å². The van der Waals surface area contributed by atoms with E-state index in [-0.39, 0.29) is 6.10 Å². The van der Waals surface area contributed by atoms with Gasteiger partial charge in [-0.25, -0.2) is 9.79 Å². The molecule has 0 aromatic heterocycles. The second-order valence-electron chi connectivity index (χ2n) is 6.65. The number of rotatable bonds is 6. The van der Waals surface area contributed by atoms with Crippen molar-refractivity contribution >= 4 is 17.9 Å². The van der Waals surface area contributed by atoms with E-state index in [1.807, 2.05) is 44.2 Å². The predicted octanol–water partition coefficient (Wildman–Crippen LogP) is 4.71. The molecule has 1 aliphatic rings. The van der Waals surface area contributed by atoms with Gasteiger partial charge in [0.15, 0.2) is 11.6 Å². The first kappa shape index (κ1) is 17.9. The molecule has 0 bridgehead atoms. The molecule has 2 aromatic rings. The molecular weight excluding hydrogens is 326 g/mol. The summed E-state index contributed by atoms with van der Waals surface area (Å²) in [5, 5.41) is 0. The summed E-state index contributed by atoms with van der Waals surface area (Å²) >= 11 is 0. The van der Waals surface area contributed by atoms with Crippen molar-refractivity contribution in [1.29, 1.82) is 0 Å². The van der Waals surface area contributed by atoms with Gasteiger partial charge in [0.1, 0.15) is 5.75 Å². The minimum absolute atomic E-state index is 0.129. The van der Waals surface area contributed by atoms with Crippen LogP contribution in [-0.4, -0.2) is 18.0 Å². The lowest BCUT2D eigenvalue weighted by Gasteiger charge is -2.09. The van der Waals surface area contributed by atoms with Gasteiger partial charge < -0.3 is 9.47 Å². The summed E-state index contributed by atoms with van der Waals surface area (Å²) in [6.07, 6.45) is 3.27. The molecule has 2 aromatic carbocycles. The van der Waals surface area contributed by atoms with Crippen LogP contribution in [0, 0.1) is 6.92 Å². The van der Waals surface area contributed by atoms with Crippen molar-refractivity contribution in [3.8, 4) is 5.75 Å². The molecular formula is C22H23NO3. The number of aryl methyl sites for hydroxylation is 2. The first-order chi connectivity index (χ1) is 12.5. The van der Waals surface area contributed by atoms with Crippen LogP contribution in [0.25, 0.3) is 6.08 Å². The first-order valence-corrected chi connectivity index (χ1v) is 8.83. The zero-order chi connectivity index (χ0) is 18.5. The van der Waals surface area contributed by atoms with Crippen LogP contribution in [0.3, 0.4) is 0 Å². The van der Waals surface area contributed by atoms with Gasteiger partial charge in [0.05, 0.1) is 6.10 Å². The first-order valence-electron chi connectivity index (χ1n) is 8.83. The maximum atomic E-state index is 12.0. The number of hydrogen-bond acceptors (Lipinski definition) is 4. The van der Waals surface area contributed by atoms with Crippen LogP contribution >= 0.6 is 0 Å². The van der Waals surface area contributed by atoms with Crippen molar-refractivity contribution in [3.05, 3.63) is 70.9 Å². The van der Waals surface area contributed by atoms with Crippen LogP contribution in [-0.2, 0) is 16.0 Å². The number of carbonyl (C=O) groups is 1. The Kier molecular flexibility index (Phi) is 5.52. The second kappa shape index (κ2) is 8.00. The van der Waals surface area contributed by atoms with E-state index in [1.165, 1.54) is 11.1 Å². The maximum absolute atomic E-state index is 12.0. The van der Waals surface area contributed by atoms with Crippen LogP contribution in [0.1, 0.15) is 37.0 Å². The number of carbonyl (C=O) groups excluding carboxylic acids is 1. The molecule has 134 valence electrons.